The van der Waals surface area contributed by atoms with Gasteiger partial charge in [-0.1, -0.05) is 18.2 Å². The Balaban J connectivity index is 1.61. The van der Waals surface area contributed by atoms with E-state index >= 15 is 0 Å². The third-order valence-electron chi connectivity index (χ3n) is 5.50. The maximum Gasteiger partial charge on any atom is 0.269 e. The monoisotopic (exact) mass is 462 g/mol. The number of carbonyl (C=O) groups excluding carboxylic acids is 1. The number of hydrogen-bond acceptors (Lipinski definition) is 7. The molecular formula is C24H22N4O6. The molecule has 0 fully saturated rings. The fourth-order valence-electron chi connectivity index (χ4n) is 3.74. The molecule has 4 rings (SSSR count). The molecule has 0 aliphatic rings. The topological polar surface area (TPSA) is 162 Å². The minimum atomic E-state index is -1.20. The number of amides is 1. The fraction of sp³-hybridized carbons (Fsp3) is 0.167. The number of imidazole rings is 1. The molecule has 10 nitrogen and oxygen atoms in total. The Morgan fingerprint density at radius 1 is 1.09 bits per heavy atom. The number of nitrogens with zero attached hydrogens (tertiary/aromatic N) is 2. The van der Waals surface area contributed by atoms with Gasteiger partial charge in [0.1, 0.15) is 17.1 Å². The van der Waals surface area contributed by atoms with Crippen molar-refractivity contribution in [3.8, 4) is 17.1 Å². The Morgan fingerprint density at radius 3 is 2.50 bits per heavy atom. The van der Waals surface area contributed by atoms with Crippen LogP contribution in [0.2, 0.25) is 0 Å². The van der Waals surface area contributed by atoms with E-state index in [1.807, 2.05) is 0 Å². The van der Waals surface area contributed by atoms with Crippen molar-refractivity contribution in [2.45, 2.75) is 18.6 Å². The Hall–Kier alpha value is -4.28. The molecule has 34 heavy (non-hydrogen) atoms. The van der Waals surface area contributed by atoms with Crippen LogP contribution in [0, 0.1) is 10.1 Å². The van der Waals surface area contributed by atoms with Crippen LogP contribution in [0.25, 0.3) is 22.4 Å². The number of H-pyrrole nitrogens is 1. The van der Waals surface area contributed by atoms with Crippen LogP contribution in [-0.2, 0) is 0 Å². The van der Waals surface area contributed by atoms with Gasteiger partial charge in [0.25, 0.3) is 11.6 Å². The first-order valence-electron chi connectivity index (χ1n) is 10.5. The smallest absolute Gasteiger partial charge is 0.269 e. The van der Waals surface area contributed by atoms with Crippen molar-refractivity contribution in [3.05, 3.63) is 88.0 Å². The average molecular weight is 462 g/mol. The highest BCUT2D eigenvalue weighted by molar-refractivity contribution is 6.05. The maximum absolute atomic E-state index is 13.1. The Morgan fingerprint density at radius 2 is 1.82 bits per heavy atom. The van der Waals surface area contributed by atoms with E-state index in [-0.39, 0.29) is 30.0 Å². The highest BCUT2D eigenvalue weighted by atomic mass is 16.6. The number of nitro groups is 1. The fourth-order valence-corrected chi connectivity index (χ4v) is 3.74. The van der Waals surface area contributed by atoms with Crippen molar-refractivity contribution in [2.24, 2.45) is 0 Å². The van der Waals surface area contributed by atoms with E-state index in [1.54, 1.807) is 36.4 Å². The minimum Gasteiger partial charge on any atom is -0.507 e. The number of carbonyl (C=O) groups is 1. The number of aliphatic hydroxyl groups excluding tert-OH is 2. The van der Waals surface area contributed by atoms with Crippen molar-refractivity contribution in [2.75, 3.05) is 6.61 Å². The number of aromatic amines is 1. The minimum absolute atomic E-state index is 0.0433. The summed E-state index contributed by atoms with van der Waals surface area (Å²) in [4.78, 5) is 31.1. The number of non-ortho nitro benzene ring substituents is 1. The van der Waals surface area contributed by atoms with Crippen molar-refractivity contribution in [1.29, 1.82) is 0 Å². The highest BCUT2D eigenvalue weighted by Gasteiger charge is 2.25. The average Bonchev–Trinajstić information content (AvgIpc) is 3.27. The summed E-state index contributed by atoms with van der Waals surface area (Å²) in [5.41, 5.74) is 1.94. The molecule has 3 aromatic carbocycles. The number of para-hydroxylation sites is 2. The van der Waals surface area contributed by atoms with Gasteiger partial charge in [0.2, 0.25) is 0 Å². The zero-order chi connectivity index (χ0) is 24.2. The largest absolute Gasteiger partial charge is 0.507 e. The molecule has 0 spiro atoms. The second-order valence-electron chi connectivity index (χ2n) is 7.69. The van der Waals surface area contributed by atoms with Crippen molar-refractivity contribution >= 4 is 22.6 Å². The molecule has 10 heteroatoms. The van der Waals surface area contributed by atoms with Crippen LogP contribution in [0.15, 0.2) is 66.7 Å². The molecule has 0 bridgehead atoms. The van der Waals surface area contributed by atoms with E-state index in [4.69, 9.17) is 0 Å². The lowest BCUT2D eigenvalue weighted by molar-refractivity contribution is -0.384. The molecule has 0 aliphatic heterocycles. The normalized spacial score (nSPS) is 12.9. The van der Waals surface area contributed by atoms with Gasteiger partial charge in [-0.25, -0.2) is 4.98 Å². The van der Waals surface area contributed by atoms with Gasteiger partial charge in [0.05, 0.1) is 33.7 Å². The summed E-state index contributed by atoms with van der Waals surface area (Å²) in [5.74, 6) is -0.0756. The lowest BCUT2D eigenvalue weighted by atomic mass is 9.99. The summed E-state index contributed by atoms with van der Waals surface area (Å²) in [6.45, 7) is -0.293. The molecule has 4 aromatic rings. The SMILES string of the molecule is O=C(NC(CCO)C(O)c1ccc([N+](=O)[O-])cc1)c1cccc2[nH]c(-c3ccccc3O)nc12. The van der Waals surface area contributed by atoms with Gasteiger partial charge in [-0.3, -0.25) is 14.9 Å². The molecule has 1 aromatic heterocycles. The Labute approximate surface area is 193 Å². The maximum atomic E-state index is 13.1. The molecule has 2 atom stereocenters. The molecule has 1 amide bonds. The Bertz CT molecular complexity index is 1340. The lowest BCUT2D eigenvalue weighted by Gasteiger charge is -2.24. The van der Waals surface area contributed by atoms with E-state index in [1.165, 1.54) is 30.3 Å². The number of aliphatic hydroxyl groups is 2. The van der Waals surface area contributed by atoms with Gasteiger partial charge in [-0.2, -0.15) is 0 Å². The quantitative estimate of drug-likeness (QED) is 0.198. The number of aromatic hydroxyl groups is 1. The van der Waals surface area contributed by atoms with Gasteiger partial charge in [-0.15, -0.1) is 0 Å². The number of fused-ring (bicyclic) bond motifs is 1. The number of nitro benzene ring substituents is 1. The van der Waals surface area contributed by atoms with Crippen molar-refractivity contribution < 1.29 is 25.0 Å². The first-order valence-corrected chi connectivity index (χ1v) is 10.5. The molecule has 174 valence electrons. The van der Waals surface area contributed by atoms with Crippen LogP contribution in [0.3, 0.4) is 0 Å². The van der Waals surface area contributed by atoms with Crippen LogP contribution < -0.4 is 5.32 Å². The first kappa shape index (κ1) is 22.9. The molecule has 1 heterocycles. The molecular weight excluding hydrogens is 440 g/mol. The number of phenolic OH excluding ortho intramolecular Hbond substituents is 1. The van der Waals surface area contributed by atoms with Crippen LogP contribution in [0.5, 0.6) is 5.75 Å². The van der Waals surface area contributed by atoms with Crippen LogP contribution >= 0.6 is 0 Å². The van der Waals surface area contributed by atoms with E-state index in [0.29, 0.717) is 28.0 Å². The number of hydrogen-bond donors (Lipinski definition) is 5. The number of benzene rings is 3. The van der Waals surface area contributed by atoms with Gasteiger partial charge >= 0.3 is 0 Å². The summed E-state index contributed by atoms with van der Waals surface area (Å²) in [7, 11) is 0. The van der Waals surface area contributed by atoms with Crippen molar-refractivity contribution in [1.82, 2.24) is 15.3 Å². The van der Waals surface area contributed by atoms with E-state index in [0.717, 1.165) is 0 Å². The van der Waals surface area contributed by atoms with E-state index in [9.17, 15) is 30.2 Å². The molecule has 5 N–H and O–H groups in total. The zero-order valence-corrected chi connectivity index (χ0v) is 17.9. The summed E-state index contributed by atoms with van der Waals surface area (Å²) in [6, 6.07) is 16.2. The summed E-state index contributed by atoms with van der Waals surface area (Å²) >= 11 is 0. The molecule has 2 unspecified atom stereocenters. The van der Waals surface area contributed by atoms with Crippen LogP contribution in [0.4, 0.5) is 5.69 Å². The molecule has 0 saturated heterocycles. The summed E-state index contributed by atoms with van der Waals surface area (Å²) in [5, 5.41) is 44.0. The number of phenols is 1. The molecule has 0 aliphatic carbocycles. The zero-order valence-electron chi connectivity index (χ0n) is 17.9. The second-order valence-corrected chi connectivity index (χ2v) is 7.69. The van der Waals surface area contributed by atoms with Gasteiger partial charge in [-0.05, 0) is 48.4 Å². The third kappa shape index (κ3) is 4.58. The number of rotatable bonds is 8. The van der Waals surface area contributed by atoms with Gasteiger partial charge in [0.15, 0.2) is 0 Å². The predicted molar refractivity (Wildman–Crippen MR) is 124 cm³/mol. The van der Waals surface area contributed by atoms with E-state index in [2.05, 4.69) is 15.3 Å². The van der Waals surface area contributed by atoms with E-state index < -0.39 is 23.0 Å². The second kappa shape index (κ2) is 9.69. The highest BCUT2D eigenvalue weighted by Crippen LogP contribution is 2.29. The lowest BCUT2D eigenvalue weighted by Crippen LogP contribution is -2.40. The standard InChI is InChI=1S/C24H22N4O6/c29-13-12-19(22(31)14-8-10-15(11-9-14)28(33)34)26-24(32)17-5-3-6-18-21(17)27-23(25-18)16-4-1-2-7-20(16)30/h1-11,19,22,29-31H,12-13H2,(H,25,27)(H,26,32). The molecule has 0 saturated carbocycles. The molecule has 0 radical (unpaired) electrons. The number of nitrogens with one attached hydrogen (secondary N) is 2. The van der Waals surface area contributed by atoms with Gasteiger partial charge < -0.3 is 25.6 Å². The van der Waals surface area contributed by atoms with Crippen molar-refractivity contribution in [3.63, 3.8) is 0 Å². The third-order valence-corrected chi connectivity index (χ3v) is 5.50. The Kier molecular flexibility index (Phi) is 6.53. The number of aromatic nitrogens is 2. The summed E-state index contributed by atoms with van der Waals surface area (Å²) in [6.07, 6.45) is -1.14. The van der Waals surface area contributed by atoms with Crippen LogP contribution in [-0.4, -0.2) is 48.8 Å². The summed E-state index contributed by atoms with van der Waals surface area (Å²) < 4.78 is 0. The predicted octanol–water partition coefficient (Wildman–Crippen LogP) is 3.06. The first-order chi connectivity index (χ1) is 16.4. The van der Waals surface area contributed by atoms with Gasteiger partial charge in [0, 0.05) is 18.7 Å². The van der Waals surface area contributed by atoms with Crippen LogP contribution in [0.1, 0.15) is 28.4 Å².